The fourth-order valence-electron chi connectivity index (χ4n) is 3.16. The van der Waals surface area contributed by atoms with E-state index < -0.39 is 19.8 Å². The lowest BCUT2D eigenvalue weighted by Gasteiger charge is -2.16. The number of nitrogens with zero attached hydrogens (tertiary/aromatic N) is 1. The minimum absolute atomic E-state index is 0.0500. The molecule has 1 aromatic rings. The highest BCUT2D eigenvalue weighted by Crippen LogP contribution is 2.47. The zero-order chi connectivity index (χ0) is 28.2. The molecule has 216 valence electrons. The zero-order valence-electron chi connectivity index (χ0n) is 22.0. The number of carboxylic acid groups (broad SMARTS) is 2. The topological polar surface area (TPSA) is 170 Å². The van der Waals surface area contributed by atoms with Crippen LogP contribution in [0.3, 0.4) is 0 Å². The first-order valence-corrected chi connectivity index (χ1v) is 14.2. The van der Waals surface area contributed by atoms with E-state index in [1.54, 1.807) is 13.8 Å². The first-order chi connectivity index (χ1) is 18.2. The molecule has 14 heteroatoms. The van der Waals surface area contributed by atoms with Crippen molar-refractivity contribution >= 4 is 25.7 Å². The lowest BCUT2D eigenvalue weighted by Crippen LogP contribution is -2.37. The van der Waals surface area contributed by atoms with Gasteiger partial charge in [0.25, 0.3) is 0 Å². The second-order valence-corrected chi connectivity index (χ2v) is 9.90. The molecule has 3 N–H and O–H groups in total. The van der Waals surface area contributed by atoms with Crippen LogP contribution in [0, 0.1) is 0 Å². The van der Waals surface area contributed by atoms with Crippen molar-refractivity contribution in [3.8, 4) is 5.75 Å². The van der Waals surface area contributed by atoms with Crippen molar-refractivity contribution in [2.75, 3.05) is 65.5 Å². The van der Waals surface area contributed by atoms with Gasteiger partial charge in [-0.25, -0.2) is 14.5 Å². The monoisotopic (exact) mass is 562 g/mol. The lowest BCUT2D eigenvalue weighted by molar-refractivity contribution is -0.118. The lowest BCUT2D eigenvalue weighted by atomic mass is 10.1. The number of aryl methyl sites for hydroxylation is 1. The van der Waals surface area contributed by atoms with Gasteiger partial charge in [-0.2, -0.15) is 0 Å². The summed E-state index contributed by atoms with van der Waals surface area (Å²) in [6, 6.07) is 7.69. The van der Waals surface area contributed by atoms with E-state index in [1.807, 2.05) is 24.3 Å². The van der Waals surface area contributed by atoms with Crippen LogP contribution in [0.25, 0.3) is 0 Å². The maximum atomic E-state index is 12.4. The fraction of sp³-hybridized carbons (Fsp3) is 0.625. The largest absolute Gasteiger partial charge is 0.491 e. The smallest absolute Gasteiger partial charge is 0.416 e. The maximum absolute atomic E-state index is 12.4. The van der Waals surface area contributed by atoms with Crippen LogP contribution in [-0.4, -0.2) is 98.7 Å². The van der Waals surface area contributed by atoms with Crippen LogP contribution in [-0.2, 0) is 34.3 Å². The quantitative estimate of drug-likeness (QED) is 0.148. The maximum Gasteiger partial charge on any atom is 0.416 e. The molecular formula is C24H39N2O11P. The second-order valence-electron chi connectivity index (χ2n) is 7.85. The Kier molecular flexibility index (Phi) is 17.0. The van der Waals surface area contributed by atoms with Gasteiger partial charge >= 0.3 is 19.8 Å². The summed E-state index contributed by atoms with van der Waals surface area (Å²) in [4.78, 5) is 33.7. The zero-order valence-corrected chi connectivity index (χ0v) is 22.9. The van der Waals surface area contributed by atoms with E-state index in [0.717, 1.165) is 24.8 Å². The summed E-state index contributed by atoms with van der Waals surface area (Å²) in [6.45, 7) is 5.13. The third kappa shape index (κ3) is 14.9. The Hall–Kier alpha value is -2.70. The van der Waals surface area contributed by atoms with Crippen LogP contribution in [0.5, 0.6) is 5.75 Å². The number of hydrogen-bond donors (Lipinski definition) is 3. The van der Waals surface area contributed by atoms with E-state index in [1.165, 1.54) is 0 Å². The summed E-state index contributed by atoms with van der Waals surface area (Å²) in [7, 11) is -3.38. The molecule has 0 aliphatic carbocycles. The number of carbonyl (C=O) groups excluding carboxylic acids is 1. The first-order valence-electron chi connectivity index (χ1n) is 12.5. The molecule has 0 aliphatic heterocycles. The minimum atomic E-state index is -3.38. The van der Waals surface area contributed by atoms with Crippen LogP contribution < -0.4 is 10.1 Å². The number of carbonyl (C=O) groups is 3. The number of benzene rings is 1. The van der Waals surface area contributed by atoms with Gasteiger partial charge in [0, 0.05) is 6.54 Å². The van der Waals surface area contributed by atoms with Crippen molar-refractivity contribution in [3.05, 3.63) is 29.8 Å². The highest BCUT2D eigenvalue weighted by molar-refractivity contribution is 7.54. The van der Waals surface area contributed by atoms with E-state index in [-0.39, 0.29) is 56.5 Å². The van der Waals surface area contributed by atoms with Gasteiger partial charge < -0.3 is 38.8 Å². The SMILES string of the molecule is CCOP(=O)(CC(=O)NCCCCc1ccc(OCCOCCOCCN(C(=O)O)C(=O)O)cc1)OCC. The van der Waals surface area contributed by atoms with Gasteiger partial charge in [-0.15, -0.1) is 0 Å². The van der Waals surface area contributed by atoms with Gasteiger partial charge in [-0.1, -0.05) is 12.1 Å². The number of hydrogen-bond acceptors (Lipinski definition) is 9. The molecule has 0 spiro atoms. The summed E-state index contributed by atoms with van der Waals surface area (Å²) in [5.41, 5.74) is 1.14. The Bertz CT molecular complexity index is 859. The normalized spacial score (nSPS) is 11.2. The van der Waals surface area contributed by atoms with Crippen LogP contribution in [0.1, 0.15) is 32.3 Å². The van der Waals surface area contributed by atoms with Gasteiger partial charge in [0.1, 0.15) is 18.5 Å². The van der Waals surface area contributed by atoms with Gasteiger partial charge in [0.2, 0.25) is 5.91 Å². The van der Waals surface area contributed by atoms with Crippen molar-refractivity contribution < 1.29 is 52.4 Å². The van der Waals surface area contributed by atoms with Gasteiger partial charge in [-0.3, -0.25) is 9.36 Å². The predicted molar refractivity (Wildman–Crippen MR) is 138 cm³/mol. The standard InChI is InChI=1S/C24H39N2O11P/c1-3-36-38(32,37-4-2)19-22(27)25-12-6-5-7-20-8-10-21(11-9-20)35-18-17-34-16-15-33-14-13-26(23(28)29)24(30)31/h8-11H,3-7,12-19H2,1-2H3,(H,25,27)(H,28,29)(H,30,31). The van der Waals surface area contributed by atoms with E-state index in [0.29, 0.717) is 25.5 Å². The Balaban J connectivity index is 2.11. The third-order valence-electron chi connectivity index (χ3n) is 4.92. The van der Waals surface area contributed by atoms with Crippen molar-refractivity contribution in [1.82, 2.24) is 10.2 Å². The van der Waals surface area contributed by atoms with E-state index in [2.05, 4.69) is 5.32 Å². The molecule has 0 aliphatic rings. The Morgan fingerprint density at radius 2 is 1.45 bits per heavy atom. The fourth-order valence-corrected chi connectivity index (χ4v) is 4.66. The van der Waals surface area contributed by atoms with Crippen LogP contribution in [0.15, 0.2) is 24.3 Å². The summed E-state index contributed by atoms with van der Waals surface area (Å²) >= 11 is 0. The number of ether oxygens (including phenoxy) is 3. The van der Waals surface area contributed by atoms with Crippen LogP contribution in [0.2, 0.25) is 0 Å². The Morgan fingerprint density at radius 3 is 2.03 bits per heavy atom. The number of unbranched alkanes of at least 4 members (excludes halogenated alkanes) is 1. The highest BCUT2D eigenvalue weighted by Gasteiger charge is 2.27. The molecule has 0 saturated carbocycles. The average Bonchev–Trinajstić information content (AvgIpc) is 2.85. The van der Waals surface area contributed by atoms with Crippen molar-refractivity contribution in [3.63, 3.8) is 0 Å². The molecule has 0 atom stereocenters. The van der Waals surface area contributed by atoms with Gasteiger partial charge in [0.15, 0.2) is 0 Å². The molecule has 1 aromatic carbocycles. The predicted octanol–water partition coefficient (Wildman–Crippen LogP) is 3.46. The molecule has 0 bridgehead atoms. The molecular weight excluding hydrogens is 523 g/mol. The van der Waals surface area contributed by atoms with Gasteiger partial charge in [-0.05, 0) is 50.8 Å². The average molecular weight is 563 g/mol. The summed E-state index contributed by atoms with van der Waals surface area (Å²) in [6.07, 6.45) is -0.889. The summed E-state index contributed by atoms with van der Waals surface area (Å²) in [5, 5.41) is 20.2. The third-order valence-corrected chi connectivity index (χ3v) is 6.89. The molecule has 13 nitrogen and oxygen atoms in total. The molecule has 0 heterocycles. The van der Waals surface area contributed by atoms with Crippen LogP contribution >= 0.6 is 7.60 Å². The number of rotatable bonds is 21. The molecule has 3 amide bonds. The molecule has 0 radical (unpaired) electrons. The summed E-state index contributed by atoms with van der Waals surface area (Å²) in [5.74, 6) is 0.354. The molecule has 0 unspecified atom stereocenters. The van der Waals surface area contributed by atoms with E-state index in [9.17, 15) is 18.9 Å². The number of amides is 3. The van der Waals surface area contributed by atoms with E-state index >= 15 is 0 Å². The molecule has 0 fully saturated rings. The summed E-state index contributed by atoms with van der Waals surface area (Å²) < 4.78 is 38.8. The Labute approximate surface area is 222 Å². The molecule has 0 saturated heterocycles. The molecule has 38 heavy (non-hydrogen) atoms. The first kappa shape index (κ1) is 33.3. The van der Waals surface area contributed by atoms with E-state index in [4.69, 9.17) is 33.5 Å². The van der Waals surface area contributed by atoms with Crippen LogP contribution in [0.4, 0.5) is 9.59 Å². The number of nitrogens with one attached hydrogen (secondary N) is 1. The highest BCUT2D eigenvalue weighted by atomic mass is 31.2. The second kappa shape index (κ2) is 19.4. The van der Waals surface area contributed by atoms with Crippen molar-refractivity contribution in [2.45, 2.75) is 33.1 Å². The van der Waals surface area contributed by atoms with Crippen molar-refractivity contribution in [1.29, 1.82) is 0 Å². The minimum Gasteiger partial charge on any atom is -0.491 e. The van der Waals surface area contributed by atoms with Crippen molar-refractivity contribution in [2.24, 2.45) is 0 Å². The molecule has 0 aromatic heterocycles. The van der Waals surface area contributed by atoms with Gasteiger partial charge in [0.05, 0.1) is 46.2 Å². The Morgan fingerprint density at radius 1 is 0.868 bits per heavy atom. The number of imide groups is 1. The molecule has 1 rings (SSSR count).